The highest BCUT2D eigenvalue weighted by atomic mass is 19.4. The van der Waals surface area contributed by atoms with E-state index in [9.17, 15) is 22.4 Å². The summed E-state index contributed by atoms with van der Waals surface area (Å²) < 4.78 is 78.4. The number of fused-ring (bicyclic) bond motifs is 1. The van der Waals surface area contributed by atoms with Gasteiger partial charge in [0.1, 0.15) is 11.9 Å². The number of ether oxygens (including phenoxy) is 4. The molecule has 0 unspecified atom stereocenters. The molecule has 0 aromatic heterocycles. The van der Waals surface area contributed by atoms with Gasteiger partial charge in [0.2, 0.25) is 0 Å². The second kappa shape index (κ2) is 12.6. The largest absolute Gasteiger partial charge is 0.416 e. The van der Waals surface area contributed by atoms with Crippen LogP contribution in [0.1, 0.15) is 56.2 Å². The second-order valence-corrected chi connectivity index (χ2v) is 11.8. The molecule has 0 spiro atoms. The van der Waals surface area contributed by atoms with E-state index in [0.29, 0.717) is 24.2 Å². The molecule has 42 heavy (non-hydrogen) atoms. The number of hydrogen-bond donors (Lipinski definition) is 1. The van der Waals surface area contributed by atoms with E-state index in [1.165, 1.54) is 18.2 Å². The van der Waals surface area contributed by atoms with E-state index < -0.39 is 41.4 Å². The summed E-state index contributed by atoms with van der Waals surface area (Å²) in [6.45, 7) is 6.61. The minimum Gasteiger partial charge on any atom is -0.371 e. The Balaban J connectivity index is 1.37. The number of amides is 1. The summed E-state index contributed by atoms with van der Waals surface area (Å²) in [6, 6.07) is 10.8. The van der Waals surface area contributed by atoms with Crippen molar-refractivity contribution < 1.29 is 41.3 Å². The van der Waals surface area contributed by atoms with Crippen LogP contribution in [0.2, 0.25) is 0 Å². The molecule has 230 valence electrons. The first-order valence-electron chi connectivity index (χ1n) is 14.4. The molecule has 1 saturated carbocycles. The molecule has 2 aromatic carbocycles. The van der Waals surface area contributed by atoms with Crippen molar-refractivity contribution in [3.8, 4) is 0 Å². The number of carbonyl (C=O) groups is 1. The fourth-order valence-electron chi connectivity index (χ4n) is 6.05. The fourth-order valence-corrected chi connectivity index (χ4v) is 6.05. The van der Waals surface area contributed by atoms with E-state index in [-0.39, 0.29) is 37.8 Å². The van der Waals surface area contributed by atoms with Crippen LogP contribution in [0.15, 0.2) is 48.5 Å². The predicted molar refractivity (Wildman–Crippen MR) is 146 cm³/mol. The molecule has 5 rings (SSSR count). The third-order valence-corrected chi connectivity index (χ3v) is 8.12. The van der Waals surface area contributed by atoms with Crippen LogP contribution in [-0.4, -0.2) is 66.7 Å². The minimum atomic E-state index is -4.48. The normalized spacial score (nSPS) is 27.6. The number of halogens is 4. The number of nitrogens with one attached hydrogen (secondary N) is 1. The van der Waals surface area contributed by atoms with Crippen molar-refractivity contribution in [2.45, 2.75) is 88.6 Å². The van der Waals surface area contributed by atoms with E-state index in [4.69, 9.17) is 18.9 Å². The molecule has 1 aliphatic carbocycles. The number of alkyl halides is 3. The van der Waals surface area contributed by atoms with Gasteiger partial charge in [-0.2, -0.15) is 13.2 Å². The van der Waals surface area contributed by atoms with Gasteiger partial charge in [-0.3, -0.25) is 4.79 Å². The molecule has 2 saturated heterocycles. The van der Waals surface area contributed by atoms with Crippen molar-refractivity contribution in [3.05, 3.63) is 71.0 Å². The Bertz CT molecular complexity index is 1220. The van der Waals surface area contributed by atoms with Gasteiger partial charge < -0.3 is 29.2 Å². The van der Waals surface area contributed by atoms with Crippen LogP contribution in [0, 0.1) is 5.82 Å². The zero-order chi connectivity index (χ0) is 30.0. The van der Waals surface area contributed by atoms with E-state index in [2.05, 4.69) is 10.2 Å². The molecule has 7 nitrogen and oxygen atoms in total. The van der Waals surface area contributed by atoms with Gasteiger partial charge in [-0.05, 0) is 75.2 Å². The molecule has 2 aromatic rings. The third-order valence-electron chi connectivity index (χ3n) is 8.12. The van der Waals surface area contributed by atoms with Crippen LogP contribution in [-0.2, 0) is 43.1 Å². The molecule has 2 heterocycles. The smallest absolute Gasteiger partial charge is 0.371 e. The highest BCUT2D eigenvalue weighted by molar-refractivity contribution is 5.85. The summed E-state index contributed by atoms with van der Waals surface area (Å²) in [5.74, 6) is -1.65. The van der Waals surface area contributed by atoms with Crippen LogP contribution in [0.4, 0.5) is 17.6 Å². The maximum absolute atomic E-state index is 13.9. The fraction of sp³-hybridized carbons (Fsp3) is 0.581. The zero-order valence-corrected chi connectivity index (χ0v) is 23.9. The Morgan fingerprint density at radius 3 is 2.48 bits per heavy atom. The second-order valence-electron chi connectivity index (χ2n) is 11.8. The van der Waals surface area contributed by atoms with Crippen molar-refractivity contribution >= 4 is 5.91 Å². The first-order chi connectivity index (χ1) is 19.9. The van der Waals surface area contributed by atoms with E-state index in [1.54, 1.807) is 32.0 Å². The van der Waals surface area contributed by atoms with Gasteiger partial charge in [0.25, 0.3) is 5.91 Å². The molecule has 0 radical (unpaired) electrons. The first-order valence-corrected chi connectivity index (χ1v) is 14.4. The SMILES string of the molecule is CC1(C)O[C@H]2[C@H](OCc3cccc(C(F)(F)F)c3)C[C@](OCc3ccc(F)cc3)(C(=O)NCCN3CCCC3)C[C@H]2O1. The molecule has 4 atom stereocenters. The summed E-state index contributed by atoms with van der Waals surface area (Å²) in [5, 5.41) is 3.04. The van der Waals surface area contributed by atoms with Crippen molar-refractivity contribution in [1.29, 1.82) is 0 Å². The molecule has 1 amide bonds. The van der Waals surface area contributed by atoms with Gasteiger partial charge in [-0.15, -0.1) is 0 Å². The number of carbonyl (C=O) groups excluding carboxylic acids is 1. The number of likely N-dealkylation sites (tertiary alicyclic amines) is 1. The minimum absolute atomic E-state index is 0.0435. The maximum Gasteiger partial charge on any atom is 0.416 e. The van der Waals surface area contributed by atoms with Crippen LogP contribution in [0.25, 0.3) is 0 Å². The van der Waals surface area contributed by atoms with E-state index in [1.807, 2.05) is 0 Å². The molecule has 1 N–H and O–H groups in total. The summed E-state index contributed by atoms with van der Waals surface area (Å²) in [4.78, 5) is 16.2. The standard InChI is InChI=1S/C31H38F4N2O5/c1-29(2)41-26-18-30(40-20-21-8-10-24(32)11-9-21,28(38)36-12-15-37-13-3-4-14-37)17-25(27(26)42-29)39-19-22-6-5-7-23(16-22)31(33,34)35/h5-11,16,25-27H,3-4,12-15,17-20H2,1-2H3,(H,36,38)/t25-,26-,27+,30-/m1/s1. The molecule has 3 aliphatic rings. The Hall–Kier alpha value is -2.57. The topological polar surface area (TPSA) is 69.3 Å². The number of benzene rings is 2. The van der Waals surface area contributed by atoms with Crippen LogP contribution in [0.5, 0.6) is 0 Å². The molecular weight excluding hydrogens is 556 g/mol. The monoisotopic (exact) mass is 594 g/mol. The Morgan fingerprint density at radius 2 is 1.76 bits per heavy atom. The van der Waals surface area contributed by atoms with Gasteiger partial charge in [-0.25, -0.2) is 4.39 Å². The molecule has 0 bridgehead atoms. The van der Waals surface area contributed by atoms with Gasteiger partial charge in [0.15, 0.2) is 11.4 Å². The Kier molecular flexibility index (Phi) is 9.24. The molecule has 11 heteroatoms. The summed E-state index contributed by atoms with van der Waals surface area (Å²) in [5.41, 5.74) is -1.10. The van der Waals surface area contributed by atoms with Gasteiger partial charge in [0.05, 0.1) is 31.0 Å². The Labute approximate surface area is 243 Å². The predicted octanol–water partition coefficient (Wildman–Crippen LogP) is 5.21. The highest BCUT2D eigenvalue weighted by Crippen LogP contribution is 2.44. The maximum atomic E-state index is 13.9. The van der Waals surface area contributed by atoms with Crippen molar-refractivity contribution in [2.24, 2.45) is 0 Å². The van der Waals surface area contributed by atoms with Crippen LogP contribution < -0.4 is 5.32 Å². The van der Waals surface area contributed by atoms with Crippen molar-refractivity contribution in [1.82, 2.24) is 10.2 Å². The first kappa shape index (κ1) is 30.9. The average Bonchev–Trinajstić information content (AvgIpc) is 3.57. The van der Waals surface area contributed by atoms with Crippen LogP contribution >= 0.6 is 0 Å². The van der Waals surface area contributed by atoms with Gasteiger partial charge in [-0.1, -0.05) is 24.3 Å². The number of nitrogens with zero attached hydrogens (tertiary/aromatic N) is 1. The highest BCUT2D eigenvalue weighted by Gasteiger charge is 2.58. The average molecular weight is 595 g/mol. The van der Waals surface area contributed by atoms with Gasteiger partial charge >= 0.3 is 6.18 Å². The number of hydrogen-bond acceptors (Lipinski definition) is 6. The number of rotatable bonds is 10. The van der Waals surface area contributed by atoms with E-state index >= 15 is 0 Å². The molecule has 2 aliphatic heterocycles. The van der Waals surface area contributed by atoms with Crippen molar-refractivity contribution in [2.75, 3.05) is 26.2 Å². The lowest BCUT2D eigenvalue weighted by Crippen LogP contribution is -2.60. The summed E-state index contributed by atoms with van der Waals surface area (Å²) in [7, 11) is 0. The van der Waals surface area contributed by atoms with E-state index in [0.717, 1.165) is 38.1 Å². The zero-order valence-electron chi connectivity index (χ0n) is 23.9. The third kappa shape index (κ3) is 7.49. The lowest BCUT2D eigenvalue weighted by atomic mass is 9.78. The van der Waals surface area contributed by atoms with Crippen LogP contribution in [0.3, 0.4) is 0 Å². The Morgan fingerprint density at radius 1 is 1.02 bits per heavy atom. The quantitative estimate of drug-likeness (QED) is 0.381. The van der Waals surface area contributed by atoms with Crippen molar-refractivity contribution in [3.63, 3.8) is 0 Å². The lowest BCUT2D eigenvalue weighted by Gasteiger charge is -2.43. The van der Waals surface area contributed by atoms with Gasteiger partial charge in [0, 0.05) is 25.9 Å². The lowest BCUT2D eigenvalue weighted by molar-refractivity contribution is -0.183. The molecule has 3 fully saturated rings. The molecular formula is C31H38F4N2O5. The summed E-state index contributed by atoms with van der Waals surface area (Å²) >= 11 is 0. The summed E-state index contributed by atoms with van der Waals surface area (Å²) in [6.07, 6.45) is -3.72.